The highest BCUT2D eigenvalue weighted by molar-refractivity contribution is 7.98. The minimum Gasteiger partial charge on any atom is -0.352 e. The van der Waals surface area contributed by atoms with Crippen molar-refractivity contribution in [2.24, 2.45) is 0 Å². The maximum absolute atomic E-state index is 13.2. The van der Waals surface area contributed by atoms with E-state index in [1.54, 1.807) is 11.8 Å². The maximum atomic E-state index is 13.2. The van der Waals surface area contributed by atoms with Crippen molar-refractivity contribution in [1.82, 2.24) is 5.32 Å². The molecule has 0 atom stereocenters. The Morgan fingerprint density at radius 2 is 2.19 bits per heavy atom. The van der Waals surface area contributed by atoms with Gasteiger partial charge in [0, 0.05) is 6.54 Å². The van der Waals surface area contributed by atoms with Gasteiger partial charge in [0.05, 0.1) is 5.56 Å². The van der Waals surface area contributed by atoms with Gasteiger partial charge in [0.1, 0.15) is 0 Å². The van der Waals surface area contributed by atoms with Gasteiger partial charge >= 0.3 is 0 Å². The number of amides is 1. The van der Waals surface area contributed by atoms with Crippen molar-refractivity contribution in [3.8, 4) is 0 Å². The molecule has 0 radical (unpaired) electrons. The van der Waals surface area contributed by atoms with Gasteiger partial charge in [-0.3, -0.25) is 4.79 Å². The molecule has 0 saturated carbocycles. The van der Waals surface area contributed by atoms with Gasteiger partial charge in [-0.15, -0.1) is 0 Å². The van der Waals surface area contributed by atoms with Crippen LogP contribution in [0.15, 0.2) is 18.2 Å². The Bertz CT molecular complexity index is 371. The summed E-state index contributed by atoms with van der Waals surface area (Å²) in [5.74, 6) is -1.74. The molecule has 0 spiro atoms. The van der Waals surface area contributed by atoms with Crippen molar-refractivity contribution >= 4 is 17.7 Å². The molecule has 0 aliphatic carbocycles. The Morgan fingerprint density at radius 1 is 1.44 bits per heavy atom. The van der Waals surface area contributed by atoms with Crippen molar-refractivity contribution in [3.63, 3.8) is 0 Å². The van der Waals surface area contributed by atoms with E-state index in [2.05, 4.69) is 5.32 Å². The van der Waals surface area contributed by atoms with Crippen LogP contribution in [0.1, 0.15) is 16.8 Å². The SMILES string of the molecule is CSCCCNC(=O)c1cccc(F)c1F. The first-order valence-electron chi connectivity index (χ1n) is 4.88. The van der Waals surface area contributed by atoms with Gasteiger partial charge < -0.3 is 5.32 Å². The molecular weight excluding hydrogens is 232 g/mol. The third-order valence-electron chi connectivity index (χ3n) is 2.01. The highest BCUT2D eigenvalue weighted by atomic mass is 32.2. The highest BCUT2D eigenvalue weighted by Gasteiger charge is 2.13. The minimum absolute atomic E-state index is 0.246. The largest absolute Gasteiger partial charge is 0.352 e. The summed E-state index contributed by atoms with van der Waals surface area (Å²) in [6, 6.07) is 3.57. The standard InChI is InChI=1S/C11H13F2NOS/c1-16-7-3-6-14-11(15)8-4-2-5-9(12)10(8)13/h2,4-5H,3,6-7H2,1H3,(H,14,15). The molecule has 1 amide bonds. The number of hydrogen-bond donors (Lipinski definition) is 1. The summed E-state index contributed by atoms with van der Waals surface area (Å²) in [7, 11) is 0. The maximum Gasteiger partial charge on any atom is 0.254 e. The van der Waals surface area contributed by atoms with Crippen LogP contribution in [0, 0.1) is 11.6 Å². The number of carbonyl (C=O) groups is 1. The van der Waals surface area contributed by atoms with E-state index in [1.807, 2.05) is 6.26 Å². The van der Waals surface area contributed by atoms with Crippen LogP contribution in [0.2, 0.25) is 0 Å². The third-order valence-corrected chi connectivity index (χ3v) is 2.70. The second-order valence-electron chi connectivity index (χ2n) is 3.20. The molecule has 16 heavy (non-hydrogen) atoms. The Kier molecular flexibility index (Phi) is 5.25. The zero-order valence-electron chi connectivity index (χ0n) is 8.93. The van der Waals surface area contributed by atoms with Gasteiger partial charge in [0.15, 0.2) is 11.6 Å². The van der Waals surface area contributed by atoms with Crippen molar-refractivity contribution in [3.05, 3.63) is 35.4 Å². The Morgan fingerprint density at radius 3 is 2.88 bits per heavy atom. The zero-order valence-corrected chi connectivity index (χ0v) is 9.74. The first kappa shape index (κ1) is 13.0. The second-order valence-corrected chi connectivity index (χ2v) is 4.19. The molecule has 0 aromatic heterocycles. The minimum atomic E-state index is -1.09. The molecular formula is C11H13F2NOS. The van der Waals surface area contributed by atoms with Gasteiger partial charge in [0.25, 0.3) is 5.91 Å². The lowest BCUT2D eigenvalue weighted by molar-refractivity contribution is 0.0948. The number of benzene rings is 1. The fraction of sp³-hybridized carbons (Fsp3) is 0.364. The summed E-state index contributed by atoms with van der Waals surface area (Å²) in [6.07, 6.45) is 2.78. The monoisotopic (exact) mass is 245 g/mol. The van der Waals surface area contributed by atoms with Crippen molar-refractivity contribution in [1.29, 1.82) is 0 Å². The van der Waals surface area contributed by atoms with Crippen LogP contribution in [0.4, 0.5) is 8.78 Å². The number of rotatable bonds is 5. The smallest absolute Gasteiger partial charge is 0.254 e. The van der Waals surface area contributed by atoms with Crippen molar-refractivity contribution in [2.45, 2.75) is 6.42 Å². The van der Waals surface area contributed by atoms with E-state index in [0.29, 0.717) is 6.54 Å². The summed E-state index contributed by atoms with van der Waals surface area (Å²) in [5.41, 5.74) is -0.246. The molecule has 5 heteroatoms. The summed E-state index contributed by atoms with van der Waals surface area (Å²) in [4.78, 5) is 11.5. The molecule has 0 heterocycles. The van der Waals surface area contributed by atoms with Crippen molar-refractivity contribution < 1.29 is 13.6 Å². The van der Waals surface area contributed by atoms with E-state index in [0.717, 1.165) is 18.2 Å². The van der Waals surface area contributed by atoms with E-state index in [9.17, 15) is 13.6 Å². The van der Waals surface area contributed by atoms with E-state index in [4.69, 9.17) is 0 Å². The number of carbonyl (C=O) groups excluding carboxylic acids is 1. The van der Waals surface area contributed by atoms with Crippen LogP contribution in [0.3, 0.4) is 0 Å². The van der Waals surface area contributed by atoms with Gasteiger partial charge in [-0.25, -0.2) is 8.78 Å². The number of thioether (sulfide) groups is 1. The average molecular weight is 245 g/mol. The Labute approximate surface area is 97.4 Å². The summed E-state index contributed by atoms with van der Waals surface area (Å²) in [5, 5.41) is 2.54. The summed E-state index contributed by atoms with van der Waals surface area (Å²) in [6.45, 7) is 0.468. The molecule has 0 bridgehead atoms. The Balaban J connectivity index is 2.56. The van der Waals surface area contributed by atoms with Crippen LogP contribution in [0.25, 0.3) is 0 Å². The first-order valence-corrected chi connectivity index (χ1v) is 6.27. The number of halogens is 2. The van der Waals surface area contributed by atoms with Crippen LogP contribution < -0.4 is 5.32 Å². The van der Waals surface area contributed by atoms with E-state index >= 15 is 0 Å². The second kappa shape index (κ2) is 6.48. The molecule has 1 aromatic rings. The quantitative estimate of drug-likeness (QED) is 0.807. The lowest BCUT2D eigenvalue weighted by Crippen LogP contribution is -2.26. The Hall–Kier alpha value is -1.10. The van der Waals surface area contributed by atoms with Crippen LogP contribution >= 0.6 is 11.8 Å². The van der Waals surface area contributed by atoms with E-state index in [-0.39, 0.29) is 5.56 Å². The van der Waals surface area contributed by atoms with Crippen molar-refractivity contribution in [2.75, 3.05) is 18.6 Å². The van der Waals surface area contributed by atoms with E-state index in [1.165, 1.54) is 12.1 Å². The molecule has 0 saturated heterocycles. The third kappa shape index (κ3) is 3.48. The van der Waals surface area contributed by atoms with Gasteiger partial charge in [-0.2, -0.15) is 11.8 Å². The van der Waals surface area contributed by atoms with Gasteiger partial charge in [-0.05, 0) is 30.6 Å². The predicted molar refractivity (Wildman–Crippen MR) is 61.7 cm³/mol. The van der Waals surface area contributed by atoms with Crippen LogP contribution in [-0.2, 0) is 0 Å². The normalized spacial score (nSPS) is 10.2. The summed E-state index contributed by atoms with van der Waals surface area (Å²) < 4.78 is 26.0. The molecule has 0 fully saturated rings. The van der Waals surface area contributed by atoms with Crippen LogP contribution in [0.5, 0.6) is 0 Å². The fourth-order valence-electron chi connectivity index (χ4n) is 1.19. The highest BCUT2D eigenvalue weighted by Crippen LogP contribution is 2.10. The molecule has 1 rings (SSSR count). The first-order chi connectivity index (χ1) is 7.66. The molecule has 88 valence electrons. The predicted octanol–water partition coefficient (Wildman–Crippen LogP) is 2.45. The molecule has 0 aliphatic rings. The topological polar surface area (TPSA) is 29.1 Å². The average Bonchev–Trinajstić information content (AvgIpc) is 2.28. The molecule has 1 aromatic carbocycles. The fourth-order valence-corrected chi connectivity index (χ4v) is 1.63. The number of hydrogen-bond acceptors (Lipinski definition) is 2. The van der Waals surface area contributed by atoms with Gasteiger partial charge in [-0.1, -0.05) is 6.07 Å². The molecule has 2 nitrogen and oxygen atoms in total. The number of nitrogens with one attached hydrogen (secondary N) is 1. The zero-order chi connectivity index (χ0) is 12.0. The van der Waals surface area contributed by atoms with Gasteiger partial charge in [0.2, 0.25) is 0 Å². The lowest BCUT2D eigenvalue weighted by Gasteiger charge is -2.05. The lowest BCUT2D eigenvalue weighted by atomic mass is 10.2. The molecule has 1 N–H and O–H groups in total. The summed E-state index contributed by atoms with van der Waals surface area (Å²) >= 11 is 1.67. The molecule has 0 unspecified atom stereocenters. The van der Waals surface area contributed by atoms with E-state index < -0.39 is 17.5 Å². The van der Waals surface area contributed by atoms with Crippen LogP contribution in [-0.4, -0.2) is 24.5 Å². The molecule has 0 aliphatic heterocycles.